The number of carbonyl (C=O) groups excluding carboxylic acids is 2. The van der Waals surface area contributed by atoms with Crippen molar-refractivity contribution in [2.24, 2.45) is 4.99 Å². The van der Waals surface area contributed by atoms with Gasteiger partial charge in [0.05, 0.1) is 17.3 Å². The molecule has 2 aliphatic heterocycles. The van der Waals surface area contributed by atoms with Crippen molar-refractivity contribution in [2.45, 2.75) is 26.0 Å². The van der Waals surface area contributed by atoms with Crippen molar-refractivity contribution in [1.82, 2.24) is 4.90 Å². The second-order valence-corrected chi connectivity index (χ2v) is 8.45. The first-order valence-corrected chi connectivity index (χ1v) is 11.4. The zero-order valence-electron chi connectivity index (χ0n) is 17.8. The number of thioether (sulfide) groups is 1. The number of esters is 1. The lowest BCUT2D eigenvalue weighted by molar-refractivity contribution is -0.141. The summed E-state index contributed by atoms with van der Waals surface area (Å²) < 4.78 is 11.2. The number of ether oxygens (including phenoxy) is 2. The number of hydrogen-bond acceptors (Lipinski definition) is 6. The summed E-state index contributed by atoms with van der Waals surface area (Å²) in [6.45, 7) is 5.99. The van der Waals surface area contributed by atoms with Gasteiger partial charge in [0.2, 0.25) is 5.91 Å². The lowest BCUT2D eigenvalue weighted by atomic mass is 9.94. The van der Waals surface area contributed by atoms with Crippen LogP contribution >= 0.6 is 11.8 Å². The van der Waals surface area contributed by atoms with Gasteiger partial charge in [-0.2, -0.15) is 0 Å². The fourth-order valence-corrected chi connectivity index (χ4v) is 4.68. The molecule has 32 heavy (non-hydrogen) atoms. The molecule has 0 aromatic heterocycles. The summed E-state index contributed by atoms with van der Waals surface area (Å²) in [6.07, 6.45) is 2.07. The van der Waals surface area contributed by atoms with Crippen molar-refractivity contribution in [3.05, 3.63) is 89.6 Å². The molecular weight excluding hydrogens is 424 g/mol. The van der Waals surface area contributed by atoms with E-state index in [9.17, 15) is 9.59 Å². The molecule has 4 rings (SSSR count). The molecule has 2 aromatic carbocycles. The van der Waals surface area contributed by atoms with E-state index in [1.807, 2.05) is 54.6 Å². The molecular formula is C25H24N2O4S. The van der Waals surface area contributed by atoms with E-state index >= 15 is 0 Å². The quantitative estimate of drug-likeness (QED) is 0.456. The summed E-state index contributed by atoms with van der Waals surface area (Å²) in [5, 5.41) is 0.621. The number of aliphatic imine (C=N–C) groups is 1. The average molecular weight is 449 g/mol. The Hall–Kier alpha value is -3.32. The summed E-state index contributed by atoms with van der Waals surface area (Å²) >= 11 is 1.52. The highest BCUT2D eigenvalue weighted by Gasteiger charge is 2.41. The first kappa shape index (κ1) is 21.9. The van der Waals surface area contributed by atoms with Crippen LogP contribution in [0.5, 0.6) is 5.75 Å². The van der Waals surface area contributed by atoms with E-state index in [1.165, 1.54) is 11.8 Å². The lowest BCUT2D eigenvalue weighted by Crippen LogP contribution is -2.45. The van der Waals surface area contributed by atoms with Crippen molar-refractivity contribution in [1.29, 1.82) is 0 Å². The third-order valence-corrected chi connectivity index (χ3v) is 6.16. The van der Waals surface area contributed by atoms with Crippen LogP contribution < -0.4 is 4.74 Å². The van der Waals surface area contributed by atoms with Gasteiger partial charge in [0.1, 0.15) is 19.0 Å². The van der Waals surface area contributed by atoms with Gasteiger partial charge in [-0.25, -0.2) is 9.79 Å². The van der Waals surface area contributed by atoms with Crippen molar-refractivity contribution >= 4 is 28.8 Å². The first-order chi connectivity index (χ1) is 15.6. The number of amides is 1. The van der Waals surface area contributed by atoms with Gasteiger partial charge in [-0.15, -0.1) is 0 Å². The van der Waals surface area contributed by atoms with Crippen molar-refractivity contribution < 1.29 is 19.1 Å². The van der Waals surface area contributed by atoms with Gasteiger partial charge in [0, 0.05) is 12.2 Å². The maximum atomic E-state index is 13.2. The number of fused-ring (bicyclic) bond motifs is 1. The Morgan fingerprint density at radius 1 is 1.22 bits per heavy atom. The largest absolute Gasteiger partial charge is 0.490 e. The van der Waals surface area contributed by atoms with E-state index in [1.54, 1.807) is 17.9 Å². The molecule has 0 spiro atoms. The molecule has 1 unspecified atom stereocenters. The van der Waals surface area contributed by atoms with Gasteiger partial charge in [0.25, 0.3) is 0 Å². The van der Waals surface area contributed by atoms with Gasteiger partial charge < -0.3 is 9.47 Å². The van der Waals surface area contributed by atoms with Crippen LogP contribution in [-0.4, -0.2) is 34.3 Å². The van der Waals surface area contributed by atoms with Crippen LogP contribution in [0.2, 0.25) is 0 Å². The smallest absolute Gasteiger partial charge is 0.338 e. The highest BCUT2D eigenvalue weighted by molar-refractivity contribution is 8.14. The number of carbonyl (C=O) groups is 2. The lowest BCUT2D eigenvalue weighted by Gasteiger charge is -2.38. The second-order valence-electron chi connectivity index (χ2n) is 7.39. The number of allylic oxidation sites excluding steroid dienone is 1. The maximum absolute atomic E-state index is 13.2. The van der Waals surface area contributed by atoms with Crippen molar-refractivity contribution in [2.75, 3.05) is 12.4 Å². The van der Waals surface area contributed by atoms with E-state index in [2.05, 4.69) is 11.6 Å². The molecule has 2 heterocycles. The second kappa shape index (κ2) is 9.87. The molecule has 0 radical (unpaired) electrons. The van der Waals surface area contributed by atoms with Gasteiger partial charge >= 0.3 is 5.97 Å². The van der Waals surface area contributed by atoms with Crippen molar-refractivity contribution in [3.63, 3.8) is 0 Å². The Morgan fingerprint density at radius 3 is 2.69 bits per heavy atom. The zero-order valence-corrected chi connectivity index (χ0v) is 18.6. The molecule has 6 nitrogen and oxygen atoms in total. The molecule has 0 bridgehead atoms. The molecule has 1 fully saturated rings. The van der Waals surface area contributed by atoms with E-state index in [0.717, 1.165) is 11.1 Å². The number of nitrogens with zero attached hydrogens (tertiary/aromatic N) is 2. The fourth-order valence-electron chi connectivity index (χ4n) is 3.67. The van der Waals surface area contributed by atoms with E-state index in [0.29, 0.717) is 41.0 Å². The molecule has 7 heteroatoms. The minimum atomic E-state index is -0.598. The summed E-state index contributed by atoms with van der Waals surface area (Å²) in [5.74, 6) is 0.831. The molecule has 1 amide bonds. The highest BCUT2D eigenvalue weighted by Crippen LogP contribution is 2.40. The predicted molar refractivity (Wildman–Crippen MR) is 125 cm³/mol. The van der Waals surface area contributed by atoms with E-state index < -0.39 is 12.0 Å². The average Bonchev–Trinajstić information content (AvgIpc) is 2.81. The molecule has 0 aliphatic carbocycles. The molecule has 2 aromatic rings. The molecule has 1 atom stereocenters. The summed E-state index contributed by atoms with van der Waals surface area (Å²) in [4.78, 5) is 32.3. The van der Waals surface area contributed by atoms with Crippen LogP contribution in [0, 0.1) is 0 Å². The van der Waals surface area contributed by atoms with Gasteiger partial charge in [-0.1, -0.05) is 66.9 Å². The van der Waals surface area contributed by atoms with Gasteiger partial charge in [-0.3, -0.25) is 9.69 Å². The standard InChI is InChI=1S/C25H24N2O4S/c1-3-14-30-20-11-9-19(10-12-20)23-22(24(29)31-16-18-7-5-4-6-8-18)17(2)26-25-27(23)21(28)13-15-32-25/h3-12,23H,1,13-16H2,2H3. The number of benzene rings is 2. The molecule has 2 aliphatic rings. The van der Waals surface area contributed by atoms with Crippen LogP contribution in [0.3, 0.4) is 0 Å². The summed E-state index contributed by atoms with van der Waals surface area (Å²) in [5.41, 5.74) is 2.63. The Balaban J connectivity index is 1.67. The third kappa shape index (κ3) is 4.62. The Bertz CT molecular complexity index is 1080. The number of rotatable bonds is 7. The van der Waals surface area contributed by atoms with Crippen molar-refractivity contribution in [3.8, 4) is 5.75 Å². The normalized spacial score (nSPS) is 18.0. The number of amidine groups is 1. The first-order valence-electron chi connectivity index (χ1n) is 10.4. The Labute approximate surface area is 191 Å². The minimum absolute atomic E-state index is 0.0552. The summed E-state index contributed by atoms with van der Waals surface area (Å²) in [7, 11) is 0. The highest BCUT2D eigenvalue weighted by atomic mass is 32.2. The summed E-state index contributed by atoms with van der Waals surface area (Å²) in [6, 6.07) is 16.3. The molecule has 0 N–H and O–H groups in total. The number of hydrogen-bond donors (Lipinski definition) is 0. The fraction of sp³-hybridized carbons (Fsp3) is 0.240. The van der Waals surface area contributed by atoms with Crippen LogP contribution in [0.25, 0.3) is 0 Å². The molecule has 0 saturated carbocycles. The maximum Gasteiger partial charge on any atom is 0.338 e. The van der Waals surface area contributed by atoms with Crippen LogP contribution in [0.15, 0.2) is 83.5 Å². The van der Waals surface area contributed by atoms with Crippen LogP contribution in [0.4, 0.5) is 0 Å². The topological polar surface area (TPSA) is 68.2 Å². The molecule has 164 valence electrons. The monoisotopic (exact) mass is 448 g/mol. The Morgan fingerprint density at radius 2 is 1.97 bits per heavy atom. The van der Waals surface area contributed by atoms with Crippen LogP contribution in [0.1, 0.15) is 30.5 Å². The Kier molecular flexibility index (Phi) is 6.75. The third-order valence-electron chi connectivity index (χ3n) is 5.20. The molecule has 1 saturated heterocycles. The van der Waals surface area contributed by atoms with E-state index in [-0.39, 0.29) is 12.5 Å². The van der Waals surface area contributed by atoms with E-state index in [4.69, 9.17) is 9.47 Å². The SMILES string of the molecule is C=CCOc1ccc(C2C(C(=O)OCc3ccccc3)=C(C)N=C3SCCC(=O)N32)cc1. The minimum Gasteiger partial charge on any atom is -0.490 e. The predicted octanol–water partition coefficient (Wildman–Crippen LogP) is 4.65. The van der Waals surface area contributed by atoms with Gasteiger partial charge in [0.15, 0.2) is 5.17 Å². The zero-order chi connectivity index (χ0) is 22.5. The van der Waals surface area contributed by atoms with Crippen LogP contribution in [-0.2, 0) is 20.9 Å². The van der Waals surface area contributed by atoms with Gasteiger partial charge in [-0.05, 0) is 30.2 Å².